The van der Waals surface area contributed by atoms with Gasteiger partial charge in [-0.05, 0) is 17.7 Å². The standard InChI is InChI=1S/C13H11F3N2O/c14-13(15,16)10-3-1-9(2-4-10)7-18-6-5-12(19)11(17)8-18/h1-6,8H,7,17H2. The van der Waals surface area contributed by atoms with E-state index >= 15 is 0 Å². The van der Waals surface area contributed by atoms with Gasteiger partial charge in [-0.15, -0.1) is 0 Å². The Morgan fingerprint density at radius 2 is 1.74 bits per heavy atom. The monoisotopic (exact) mass is 268 g/mol. The zero-order valence-corrected chi connectivity index (χ0v) is 9.82. The maximum atomic E-state index is 12.4. The third kappa shape index (κ3) is 3.15. The van der Waals surface area contributed by atoms with E-state index in [9.17, 15) is 18.0 Å². The van der Waals surface area contributed by atoms with Crippen molar-refractivity contribution in [2.45, 2.75) is 12.7 Å². The van der Waals surface area contributed by atoms with Gasteiger partial charge in [0.2, 0.25) is 5.43 Å². The van der Waals surface area contributed by atoms with E-state index in [0.29, 0.717) is 12.1 Å². The van der Waals surface area contributed by atoms with Crippen molar-refractivity contribution in [3.63, 3.8) is 0 Å². The van der Waals surface area contributed by atoms with Crippen LogP contribution in [0, 0.1) is 0 Å². The van der Waals surface area contributed by atoms with Crippen LogP contribution in [0.3, 0.4) is 0 Å². The smallest absolute Gasteiger partial charge is 0.394 e. The van der Waals surface area contributed by atoms with Crippen LogP contribution in [-0.2, 0) is 12.7 Å². The Labute approximate surface area is 107 Å². The normalized spacial score (nSPS) is 11.5. The maximum absolute atomic E-state index is 12.4. The number of anilines is 1. The van der Waals surface area contributed by atoms with E-state index in [0.717, 1.165) is 12.1 Å². The molecule has 0 spiro atoms. The van der Waals surface area contributed by atoms with Gasteiger partial charge >= 0.3 is 6.18 Å². The van der Waals surface area contributed by atoms with E-state index in [1.807, 2.05) is 0 Å². The highest BCUT2D eigenvalue weighted by atomic mass is 19.4. The van der Waals surface area contributed by atoms with Gasteiger partial charge < -0.3 is 10.3 Å². The predicted octanol–water partition coefficient (Wildman–Crippen LogP) is 2.50. The highest BCUT2D eigenvalue weighted by Crippen LogP contribution is 2.29. The van der Waals surface area contributed by atoms with Crippen molar-refractivity contribution >= 4 is 5.69 Å². The van der Waals surface area contributed by atoms with Gasteiger partial charge in [-0.2, -0.15) is 13.2 Å². The third-order valence-electron chi connectivity index (χ3n) is 2.65. The summed E-state index contributed by atoms with van der Waals surface area (Å²) >= 11 is 0. The Balaban J connectivity index is 2.20. The van der Waals surface area contributed by atoms with Crippen molar-refractivity contribution < 1.29 is 13.2 Å². The van der Waals surface area contributed by atoms with Crippen LogP contribution >= 0.6 is 0 Å². The van der Waals surface area contributed by atoms with Gasteiger partial charge in [0.25, 0.3) is 0 Å². The molecule has 3 nitrogen and oxygen atoms in total. The summed E-state index contributed by atoms with van der Waals surface area (Å²) in [7, 11) is 0. The lowest BCUT2D eigenvalue weighted by Crippen LogP contribution is -2.11. The number of pyridine rings is 1. The number of aromatic nitrogens is 1. The molecule has 0 aliphatic rings. The molecule has 2 rings (SSSR count). The Kier molecular flexibility index (Phi) is 3.33. The van der Waals surface area contributed by atoms with E-state index in [2.05, 4.69) is 0 Å². The SMILES string of the molecule is Nc1cn(Cc2ccc(C(F)(F)F)cc2)ccc1=O. The van der Waals surface area contributed by atoms with Crippen LogP contribution in [0.1, 0.15) is 11.1 Å². The molecule has 0 aliphatic carbocycles. The lowest BCUT2D eigenvalue weighted by molar-refractivity contribution is -0.137. The van der Waals surface area contributed by atoms with Crippen molar-refractivity contribution in [1.29, 1.82) is 0 Å². The van der Waals surface area contributed by atoms with Gasteiger partial charge in [-0.25, -0.2) is 0 Å². The van der Waals surface area contributed by atoms with E-state index in [4.69, 9.17) is 5.73 Å². The van der Waals surface area contributed by atoms with Crippen molar-refractivity contribution in [3.05, 3.63) is 64.1 Å². The van der Waals surface area contributed by atoms with E-state index in [1.54, 1.807) is 4.57 Å². The largest absolute Gasteiger partial charge is 0.416 e. The fourth-order valence-corrected chi connectivity index (χ4v) is 1.65. The maximum Gasteiger partial charge on any atom is 0.416 e. The minimum Gasteiger partial charge on any atom is -0.394 e. The summed E-state index contributed by atoms with van der Waals surface area (Å²) in [5.41, 5.74) is 5.31. The zero-order valence-electron chi connectivity index (χ0n) is 9.82. The average molecular weight is 268 g/mol. The highest BCUT2D eigenvalue weighted by molar-refractivity contribution is 5.34. The molecule has 100 valence electrons. The number of nitrogens with two attached hydrogens (primary N) is 1. The highest BCUT2D eigenvalue weighted by Gasteiger charge is 2.29. The predicted molar refractivity (Wildman–Crippen MR) is 65.7 cm³/mol. The van der Waals surface area contributed by atoms with Gasteiger partial charge in [0.15, 0.2) is 0 Å². The van der Waals surface area contributed by atoms with Crippen LogP contribution in [0.5, 0.6) is 0 Å². The van der Waals surface area contributed by atoms with Crippen LogP contribution in [0.2, 0.25) is 0 Å². The first-order valence-electron chi connectivity index (χ1n) is 5.48. The lowest BCUT2D eigenvalue weighted by Gasteiger charge is -2.09. The summed E-state index contributed by atoms with van der Waals surface area (Å²) in [5, 5.41) is 0. The minimum atomic E-state index is -4.33. The number of hydrogen-bond acceptors (Lipinski definition) is 2. The fourth-order valence-electron chi connectivity index (χ4n) is 1.65. The van der Waals surface area contributed by atoms with E-state index in [-0.39, 0.29) is 11.1 Å². The molecular weight excluding hydrogens is 257 g/mol. The number of rotatable bonds is 2. The molecule has 1 aromatic heterocycles. The van der Waals surface area contributed by atoms with Crippen LogP contribution in [0.15, 0.2) is 47.5 Å². The number of hydrogen-bond donors (Lipinski definition) is 1. The molecule has 0 atom stereocenters. The summed E-state index contributed by atoms with van der Waals surface area (Å²) in [6.45, 7) is 0.350. The molecule has 0 amide bonds. The molecule has 0 saturated carbocycles. The first-order chi connectivity index (χ1) is 8.86. The summed E-state index contributed by atoms with van der Waals surface area (Å²) in [6, 6.07) is 6.18. The summed E-state index contributed by atoms with van der Waals surface area (Å²) in [5.74, 6) is 0. The summed E-state index contributed by atoms with van der Waals surface area (Å²) in [6.07, 6.45) is -1.34. The molecule has 2 aromatic rings. The second-order valence-corrected chi connectivity index (χ2v) is 4.13. The summed E-state index contributed by atoms with van der Waals surface area (Å²) in [4.78, 5) is 11.1. The number of benzene rings is 1. The number of halogens is 3. The van der Waals surface area contributed by atoms with Crippen molar-refractivity contribution in [3.8, 4) is 0 Å². The van der Waals surface area contributed by atoms with E-state index < -0.39 is 11.7 Å². The van der Waals surface area contributed by atoms with Crippen LogP contribution in [-0.4, -0.2) is 4.57 Å². The molecule has 0 fully saturated rings. The second-order valence-electron chi connectivity index (χ2n) is 4.13. The topological polar surface area (TPSA) is 48.0 Å². The molecule has 6 heteroatoms. The molecule has 2 N–H and O–H groups in total. The molecule has 0 unspecified atom stereocenters. The van der Waals surface area contributed by atoms with E-state index in [1.165, 1.54) is 30.6 Å². The van der Waals surface area contributed by atoms with Crippen molar-refractivity contribution in [2.24, 2.45) is 0 Å². The van der Waals surface area contributed by atoms with Crippen molar-refractivity contribution in [1.82, 2.24) is 4.57 Å². The van der Waals surface area contributed by atoms with Gasteiger partial charge in [-0.1, -0.05) is 12.1 Å². The number of nitrogen functional groups attached to an aromatic ring is 1. The minimum absolute atomic E-state index is 0.106. The average Bonchev–Trinajstić information content (AvgIpc) is 2.33. The Morgan fingerprint density at radius 3 is 2.26 bits per heavy atom. The Morgan fingerprint density at radius 1 is 1.11 bits per heavy atom. The second kappa shape index (κ2) is 4.79. The Hall–Kier alpha value is -2.24. The lowest BCUT2D eigenvalue weighted by atomic mass is 10.1. The van der Waals surface area contributed by atoms with Crippen LogP contribution in [0.4, 0.5) is 18.9 Å². The first kappa shape index (κ1) is 13.2. The van der Waals surface area contributed by atoms with Crippen LogP contribution in [0.25, 0.3) is 0 Å². The Bertz CT molecular complexity index is 630. The molecule has 0 aliphatic heterocycles. The molecule has 0 radical (unpaired) electrons. The van der Waals surface area contributed by atoms with Crippen molar-refractivity contribution in [2.75, 3.05) is 5.73 Å². The van der Waals surface area contributed by atoms with Crippen LogP contribution < -0.4 is 11.2 Å². The molecule has 0 saturated heterocycles. The fraction of sp³-hybridized carbons (Fsp3) is 0.154. The quantitative estimate of drug-likeness (QED) is 0.909. The van der Waals surface area contributed by atoms with Gasteiger partial charge in [0.05, 0.1) is 11.3 Å². The molecule has 1 aromatic carbocycles. The summed E-state index contributed by atoms with van der Waals surface area (Å²) < 4.78 is 38.8. The number of alkyl halides is 3. The van der Waals surface area contributed by atoms with Gasteiger partial charge in [0.1, 0.15) is 0 Å². The molecule has 0 bridgehead atoms. The van der Waals surface area contributed by atoms with Gasteiger partial charge in [0, 0.05) is 25.0 Å². The third-order valence-corrected chi connectivity index (χ3v) is 2.65. The first-order valence-corrected chi connectivity index (χ1v) is 5.48. The van der Waals surface area contributed by atoms with Gasteiger partial charge in [-0.3, -0.25) is 4.79 Å². The molecular formula is C13H11F3N2O. The molecule has 19 heavy (non-hydrogen) atoms. The zero-order chi connectivity index (χ0) is 14.0. The number of nitrogens with zero attached hydrogens (tertiary/aromatic N) is 1. The molecule has 1 heterocycles.